The molecule has 2 atom stereocenters. The second-order valence-corrected chi connectivity index (χ2v) is 6.61. The fraction of sp³-hybridized carbons (Fsp3) is 0.571. The first-order chi connectivity index (χ1) is 8.69. The summed E-state index contributed by atoms with van der Waals surface area (Å²) in [6.07, 6.45) is 5.13. The Balaban J connectivity index is 1.87. The van der Waals surface area contributed by atoms with Crippen LogP contribution in [0.2, 0.25) is 5.02 Å². The van der Waals surface area contributed by atoms with Crippen molar-refractivity contribution in [2.75, 3.05) is 11.9 Å². The van der Waals surface area contributed by atoms with Crippen LogP contribution in [0.1, 0.15) is 25.7 Å². The van der Waals surface area contributed by atoms with Gasteiger partial charge in [-0.1, -0.05) is 11.6 Å². The molecule has 1 N–H and O–H groups in total. The van der Waals surface area contributed by atoms with E-state index in [0.717, 1.165) is 9.50 Å². The molecule has 2 aliphatic heterocycles. The van der Waals surface area contributed by atoms with Crippen LogP contribution >= 0.6 is 27.5 Å². The fourth-order valence-electron chi connectivity index (χ4n) is 3.48. The Kier molecular flexibility index (Phi) is 3.57. The molecule has 2 fully saturated rings. The summed E-state index contributed by atoms with van der Waals surface area (Å²) in [5.41, 5.74) is 1.28. The summed E-state index contributed by atoms with van der Waals surface area (Å²) >= 11 is 9.68. The molecule has 2 heterocycles. The molecule has 2 nitrogen and oxygen atoms in total. The fourth-order valence-corrected chi connectivity index (χ4v) is 3.90. The van der Waals surface area contributed by atoms with Gasteiger partial charge < -0.3 is 10.2 Å². The number of benzene rings is 1. The second-order valence-electron chi connectivity index (χ2n) is 5.35. The Morgan fingerprint density at radius 2 is 1.94 bits per heavy atom. The lowest BCUT2D eigenvalue weighted by Crippen LogP contribution is -2.48. The van der Waals surface area contributed by atoms with Gasteiger partial charge in [0.15, 0.2) is 0 Å². The van der Waals surface area contributed by atoms with Crippen molar-refractivity contribution >= 4 is 33.2 Å². The molecule has 3 rings (SSSR count). The summed E-state index contributed by atoms with van der Waals surface area (Å²) in [7, 11) is 2.08. The van der Waals surface area contributed by atoms with Gasteiger partial charge in [-0.05, 0) is 66.9 Å². The van der Waals surface area contributed by atoms with Crippen LogP contribution in [0.4, 0.5) is 5.69 Å². The van der Waals surface area contributed by atoms with Crippen molar-refractivity contribution in [2.24, 2.45) is 0 Å². The molecule has 1 aromatic carbocycles. The lowest BCUT2D eigenvalue weighted by Gasteiger charge is -2.40. The number of hydrogen-bond donors (Lipinski definition) is 1. The minimum atomic E-state index is 0.679. The molecule has 2 unspecified atom stereocenters. The van der Waals surface area contributed by atoms with Crippen LogP contribution in [0.5, 0.6) is 0 Å². The van der Waals surface area contributed by atoms with Gasteiger partial charge in [-0.25, -0.2) is 0 Å². The Labute approximate surface area is 122 Å². The molecule has 0 amide bonds. The summed E-state index contributed by atoms with van der Waals surface area (Å²) in [5.74, 6) is 0. The van der Waals surface area contributed by atoms with Crippen molar-refractivity contribution < 1.29 is 0 Å². The third-order valence-corrected chi connectivity index (χ3v) is 5.58. The molecular weight excluding hydrogens is 312 g/mol. The van der Waals surface area contributed by atoms with E-state index in [2.05, 4.69) is 51.4 Å². The van der Waals surface area contributed by atoms with Crippen LogP contribution in [-0.4, -0.2) is 25.2 Å². The molecular formula is C14H18BrClN2. The van der Waals surface area contributed by atoms with E-state index in [9.17, 15) is 0 Å². The van der Waals surface area contributed by atoms with Crippen LogP contribution in [0.15, 0.2) is 22.7 Å². The molecule has 2 aliphatic rings. The number of nitrogens with zero attached hydrogens (tertiary/aromatic N) is 1. The van der Waals surface area contributed by atoms with E-state index in [1.54, 1.807) is 0 Å². The lowest BCUT2D eigenvalue weighted by molar-refractivity contribution is 0.374. The van der Waals surface area contributed by atoms with Gasteiger partial charge in [0.05, 0.1) is 5.02 Å². The van der Waals surface area contributed by atoms with Gasteiger partial charge in [-0.15, -0.1) is 0 Å². The van der Waals surface area contributed by atoms with Gasteiger partial charge in [-0.3, -0.25) is 0 Å². The number of fused-ring (bicyclic) bond motifs is 2. The van der Waals surface area contributed by atoms with Gasteiger partial charge in [0.25, 0.3) is 0 Å². The number of nitrogens with one attached hydrogen (secondary N) is 1. The molecule has 98 valence electrons. The first-order valence-electron chi connectivity index (χ1n) is 6.59. The van der Waals surface area contributed by atoms with E-state index in [0.29, 0.717) is 18.1 Å². The van der Waals surface area contributed by atoms with Gasteiger partial charge >= 0.3 is 0 Å². The standard InChI is InChI=1S/C14H18BrClN2/c1-17-9-6-10-2-3-11(7-9)18(10)12-4-5-13(15)14(16)8-12/h4-5,8-11,17H,2-3,6-7H2,1H3. The van der Waals surface area contributed by atoms with Crippen LogP contribution in [0.25, 0.3) is 0 Å². The Morgan fingerprint density at radius 1 is 1.28 bits per heavy atom. The normalized spacial score (nSPS) is 30.8. The number of halogens is 2. The highest BCUT2D eigenvalue weighted by molar-refractivity contribution is 9.10. The van der Waals surface area contributed by atoms with Crippen LogP contribution < -0.4 is 10.2 Å². The maximum absolute atomic E-state index is 6.22. The lowest BCUT2D eigenvalue weighted by atomic mass is 9.97. The van der Waals surface area contributed by atoms with E-state index < -0.39 is 0 Å². The van der Waals surface area contributed by atoms with E-state index in [1.165, 1.54) is 31.4 Å². The maximum Gasteiger partial charge on any atom is 0.0568 e. The van der Waals surface area contributed by atoms with Crippen molar-refractivity contribution in [3.8, 4) is 0 Å². The van der Waals surface area contributed by atoms with Crippen molar-refractivity contribution in [3.63, 3.8) is 0 Å². The minimum absolute atomic E-state index is 0.679. The Morgan fingerprint density at radius 3 is 2.50 bits per heavy atom. The zero-order chi connectivity index (χ0) is 12.7. The molecule has 18 heavy (non-hydrogen) atoms. The molecule has 1 aromatic rings. The third-order valence-electron chi connectivity index (χ3n) is 4.34. The molecule has 0 saturated carbocycles. The molecule has 2 saturated heterocycles. The third kappa shape index (κ3) is 2.17. The van der Waals surface area contributed by atoms with Crippen molar-refractivity contribution in [1.82, 2.24) is 5.32 Å². The van der Waals surface area contributed by atoms with Crippen LogP contribution in [-0.2, 0) is 0 Å². The largest absolute Gasteiger partial charge is 0.365 e. The topological polar surface area (TPSA) is 15.3 Å². The summed E-state index contributed by atoms with van der Waals surface area (Å²) < 4.78 is 0.977. The first kappa shape index (κ1) is 12.8. The summed E-state index contributed by atoms with van der Waals surface area (Å²) in [5, 5.41) is 4.25. The highest BCUT2D eigenvalue weighted by Crippen LogP contribution is 2.40. The first-order valence-corrected chi connectivity index (χ1v) is 7.77. The molecule has 0 aromatic heterocycles. The average molecular weight is 330 g/mol. The summed E-state index contributed by atoms with van der Waals surface area (Å²) in [6, 6.07) is 8.38. The smallest absolute Gasteiger partial charge is 0.0568 e. The average Bonchev–Trinajstić information content (AvgIpc) is 2.64. The highest BCUT2D eigenvalue weighted by atomic mass is 79.9. The van der Waals surface area contributed by atoms with E-state index in [4.69, 9.17) is 11.6 Å². The molecule has 0 aliphatic carbocycles. The predicted molar refractivity (Wildman–Crippen MR) is 80.5 cm³/mol. The molecule has 0 spiro atoms. The van der Waals surface area contributed by atoms with Crippen molar-refractivity contribution in [1.29, 1.82) is 0 Å². The Bertz CT molecular complexity index is 437. The zero-order valence-corrected chi connectivity index (χ0v) is 12.8. The van der Waals surface area contributed by atoms with E-state index in [-0.39, 0.29) is 0 Å². The molecule has 2 bridgehead atoms. The number of piperidine rings is 1. The van der Waals surface area contributed by atoms with Gasteiger partial charge in [-0.2, -0.15) is 0 Å². The zero-order valence-electron chi connectivity index (χ0n) is 10.5. The van der Waals surface area contributed by atoms with Crippen LogP contribution in [0.3, 0.4) is 0 Å². The monoisotopic (exact) mass is 328 g/mol. The van der Waals surface area contributed by atoms with E-state index >= 15 is 0 Å². The molecule has 0 radical (unpaired) electrons. The maximum atomic E-state index is 6.22. The number of hydrogen-bond acceptors (Lipinski definition) is 2. The van der Waals surface area contributed by atoms with Gasteiger partial charge in [0, 0.05) is 28.3 Å². The predicted octanol–water partition coefficient (Wildman–Crippen LogP) is 3.82. The van der Waals surface area contributed by atoms with E-state index in [1.807, 2.05) is 0 Å². The number of rotatable bonds is 2. The summed E-state index contributed by atoms with van der Waals surface area (Å²) in [4.78, 5) is 2.59. The van der Waals surface area contributed by atoms with Gasteiger partial charge in [0.1, 0.15) is 0 Å². The number of anilines is 1. The molecule has 4 heteroatoms. The van der Waals surface area contributed by atoms with Crippen LogP contribution in [0, 0.1) is 0 Å². The SMILES string of the molecule is CNC1CC2CCC(C1)N2c1ccc(Br)c(Cl)c1. The van der Waals surface area contributed by atoms with Crippen molar-refractivity contribution in [2.45, 2.75) is 43.8 Å². The Hall–Kier alpha value is -0.250. The quantitative estimate of drug-likeness (QED) is 0.887. The minimum Gasteiger partial charge on any atom is -0.365 e. The highest BCUT2D eigenvalue weighted by Gasteiger charge is 2.40. The van der Waals surface area contributed by atoms with Gasteiger partial charge in [0.2, 0.25) is 0 Å². The summed E-state index contributed by atoms with van der Waals surface area (Å²) in [6.45, 7) is 0. The van der Waals surface area contributed by atoms with Crippen molar-refractivity contribution in [3.05, 3.63) is 27.7 Å². The second kappa shape index (κ2) is 5.03.